The van der Waals surface area contributed by atoms with Crippen molar-refractivity contribution in [2.24, 2.45) is 0 Å². The van der Waals surface area contributed by atoms with Crippen LogP contribution in [0.4, 0.5) is 0 Å². The Balaban J connectivity index is 2.07. The van der Waals surface area contributed by atoms with Gasteiger partial charge < -0.3 is 9.80 Å². The van der Waals surface area contributed by atoms with Crippen molar-refractivity contribution < 1.29 is 4.79 Å². The summed E-state index contributed by atoms with van der Waals surface area (Å²) in [5.74, 6) is 0.131. The van der Waals surface area contributed by atoms with Crippen LogP contribution in [0.15, 0.2) is 9.85 Å². The van der Waals surface area contributed by atoms with Gasteiger partial charge in [0.2, 0.25) is 0 Å². The van der Waals surface area contributed by atoms with E-state index in [9.17, 15) is 4.79 Å². The average Bonchev–Trinajstić information content (AvgIpc) is 2.62. The molecule has 0 bridgehead atoms. The molecule has 0 radical (unpaired) electrons. The Morgan fingerprint density at radius 2 is 2.05 bits per heavy atom. The van der Waals surface area contributed by atoms with E-state index in [0.717, 1.165) is 20.8 Å². The second kappa shape index (κ2) is 5.54. The Morgan fingerprint density at radius 3 is 2.42 bits per heavy atom. The van der Waals surface area contributed by atoms with E-state index in [1.165, 1.54) is 30.6 Å². The molecule has 0 saturated heterocycles. The van der Waals surface area contributed by atoms with Crippen molar-refractivity contribution in [3.63, 3.8) is 0 Å². The van der Waals surface area contributed by atoms with E-state index >= 15 is 0 Å². The summed E-state index contributed by atoms with van der Waals surface area (Å²) in [7, 11) is 6.14. The number of nitrogens with zero attached hydrogens (tertiary/aromatic N) is 2. The molecule has 0 atom stereocenters. The number of hydrogen-bond acceptors (Lipinski definition) is 3. The van der Waals surface area contributed by atoms with Gasteiger partial charge in [-0.1, -0.05) is 0 Å². The Hall–Kier alpha value is -0.390. The molecule has 106 valence electrons. The SMILES string of the molecule is Cc1cc(C(=O)N(C)CC2(N(C)C)CCC2)sc1Br. The summed E-state index contributed by atoms with van der Waals surface area (Å²) in [5, 5.41) is 0. The van der Waals surface area contributed by atoms with Crippen molar-refractivity contribution >= 4 is 33.2 Å². The number of thiophene rings is 1. The first-order chi connectivity index (χ1) is 8.85. The molecule has 1 saturated carbocycles. The molecule has 1 fully saturated rings. The first kappa shape index (κ1) is 15.0. The molecular formula is C14H21BrN2OS. The highest BCUT2D eigenvalue weighted by Crippen LogP contribution is 2.37. The number of aryl methyl sites for hydroxylation is 1. The van der Waals surface area contributed by atoms with Crippen molar-refractivity contribution in [1.29, 1.82) is 0 Å². The Morgan fingerprint density at radius 1 is 1.42 bits per heavy atom. The molecule has 1 aromatic rings. The lowest BCUT2D eigenvalue weighted by atomic mass is 9.75. The summed E-state index contributed by atoms with van der Waals surface area (Å²) in [6.07, 6.45) is 3.64. The van der Waals surface area contributed by atoms with Crippen LogP contribution in [-0.4, -0.2) is 48.9 Å². The number of carbonyl (C=O) groups excluding carboxylic acids is 1. The third kappa shape index (κ3) is 2.88. The van der Waals surface area contributed by atoms with Gasteiger partial charge in [-0.25, -0.2) is 0 Å². The van der Waals surface area contributed by atoms with E-state index in [2.05, 4.69) is 34.9 Å². The molecule has 0 spiro atoms. The minimum atomic E-state index is 0.131. The number of likely N-dealkylation sites (N-methyl/N-ethyl adjacent to an activating group) is 2. The largest absolute Gasteiger partial charge is 0.339 e. The van der Waals surface area contributed by atoms with Crippen LogP contribution < -0.4 is 0 Å². The molecule has 1 aliphatic carbocycles. The maximum Gasteiger partial charge on any atom is 0.263 e. The van der Waals surface area contributed by atoms with Gasteiger partial charge in [0.15, 0.2) is 0 Å². The quantitative estimate of drug-likeness (QED) is 0.835. The topological polar surface area (TPSA) is 23.6 Å². The molecule has 0 aliphatic heterocycles. The fourth-order valence-corrected chi connectivity index (χ4v) is 4.13. The highest BCUT2D eigenvalue weighted by Gasteiger charge is 2.40. The van der Waals surface area contributed by atoms with Gasteiger partial charge in [-0.2, -0.15) is 0 Å². The van der Waals surface area contributed by atoms with Gasteiger partial charge in [0, 0.05) is 19.1 Å². The van der Waals surface area contributed by atoms with Gasteiger partial charge in [0.1, 0.15) is 0 Å². The predicted octanol–water partition coefficient (Wildman–Crippen LogP) is 3.38. The lowest BCUT2D eigenvalue weighted by Gasteiger charge is -2.49. The first-order valence-corrected chi connectivity index (χ1v) is 8.15. The molecule has 1 amide bonds. The molecule has 0 N–H and O–H groups in total. The number of halogens is 1. The smallest absolute Gasteiger partial charge is 0.263 e. The summed E-state index contributed by atoms with van der Waals surface area (Å²) in [5.41, 5.74) is 1.32. The average molecular weight is 345 g/mol. The minimum absolute atomic E-state index is 0.131. The van der Waals surface area contributed by atoms with Crippen molar-refractivity contribution in [2.45, 2.75) is 31.7 Å². The lowest BCUT2D eigenvalue weighted by Crippen LogP contribution is -2.57. The van der Waals surface area contributed by atoms with Crippen LogP contribution in [0.1, 0.15) is 34.5 Å². The van der Waals surface area contributed by atoms with Crippen LogP contribution in [-0.2, 0) is 0 Å². The molecule has 0 unspecified atom stereocenters. The fourth-order valence-electron chi connectivity index (χ4n) is 2.60. The summed E-state index contributed by atoms with van der Waals surface area (Å²) in [6, 6.07) is 1.97. The van der Waals surface area contributed by atoms with Crippen LogP contribution in [0.2, 0.25) is 0 Å². The van der Waals surface area contributed by atoms with Crippen molar-refractivity contribution in [1.82, 2.24) is 9.80 Å². The molecule has 1 heterocycles. The molecule has 1 aliphatic rings. The van der Waals surface area contributed by atoms with Crippen LogP contribution in [0, 0.1) is 6.92 Å². The first-order valence-electron chi connectivity index (χ1n) is 6.54. The summed E-state index contributed by atoms with van der Waals surface area (Å²) >= 11 is 5.01. The Kier molecular flexibility index (Phi) is 4.38. The van der Waals surface area contributed by atoms with Gasteiger partial charge in [0.25, 0.3) is 5.91 Å². The number of rotatable bonds is 4. The van der Waals surface area contributed by atoms with Crippen LogP contribution in [0.25, 0.3) is 0 Å². The van der Waals surface area contributed by atoms with Gasteiger partial charge in [0.05, 0.1) is 8.66 Å². The van der Waals surface area contributed by atoms with Gasteiger partial charge >= 0.3 is 0 Å². The summed E-state index contributed by atoms with van der Waals surface area (Å²) in [6.45, 7) is 2.83. The van der Waals surface area contributed by atoms with E-state index in [-0.39, 0.29) is 11.4 Å². The maximum atomic E-state index is 12.4. The molecule has 1 aromatic heterocycles. The van der Waals surface area contributed by atoms with Crippen molar-refractivity contribution in [3.05, 3.63) is 20.3 Å². The second-order valence-corrected chi connectivity index (χ2v) is 8.07. The zero-order valence-electron chi connectivity index (χ0n) is 12.0. The molecule has 0 aromatic carbocycles. The van der Waals surface area contributed by atoms with E-state index in [1.807, 2.05) is 24.9 Å². The van der Waals surface area contributed by atoms with Crippen LogP contribution in [0.3, 0.4) is 0 Å². The number of hydrogen-bond donors (Lipinski definition) is 0. The normalized spacial score (nSPS) is 17.4. The third-order valence-corrected chi connectivity index (χ3v) is 6.30. The molecule has 19 heavy (non-hydrogen) atoms. The standard InChI is InChI=1S/C14H21BrN2OS/c1-10-8-11(19-12(10)15)13(18)17(4)9-14(16(2)3)6-5-7-14/h8H,5-7,9H2,1-4H3. The molecule has 5 heteroatoms. The van der Waals surface area contributed by atoms with E-state index in [1.54, 1.807) is 0 Å². The van der Waals surface area contributed by atoms with Gasteiger partial charge in [-0.15, -0.1) is 11.3 Å². The minimum Gasteiger partial charge on any atom is -0.339 e. The van der Waals surface area contributed by atoms with Crippen LogP contribution in [0.5, 0.6) is 0 Å². The third-order valence-electron chi connectivity index (χ3n) is 4.18. The van der Waals surface area contributed by atoms with Crippen LogP contribution >= 0.6 is 27.3 Å². The van der Waals surface area contributed by atoms with Gasteiger partial charge in [-0.3, -0.25) is 4.79 Å². The lowest BCUT2D eigenvalue weighted by molar-refractivity contribution is 0.0254. The van der Waals surface area contributed by atoms with Crippen molar-refractivity contribution in [2.75, 3.05) is 27.7 Å². The second-order valence-electron chi connectivity index (χ2n) is 5.70. The highest BCUT2D eigenvalue weighted by molar-refractivity contribution is 9.11. The van der Waals surface area contributed by atoms with Gasteiger partial charge in [-0.05, 0) is 67.8 Å². The number of carbonyl (C=O) groups is 1. The zero-order valence-corrected chi connectivity index (χ0v) is 14.4. The Labute approximate surface area is 127 Å². The zero-order chi connectivity index (χ0) is 14.2. The monoisotopic (exact) mass is 344 g/mol. The highest BCUT2D eigenvalue weighted by atomic mass is 79.9. The predicted molar refractivity (Wildman–Crippen MR) is 84.0 cm³/mol. The van der Waals surface area contributed by atoms with E-state index in [0.29, 0.717) is 0 Å². The summed E-state index contributed by atoms with van der Waals surface area (Å²) < 4.78 is 1.05. The van der Waals surface area contributed by atoms with E-state index in [4.69, 9.17) is 0 Å². The Bertz CT molecular complexity index is 460. The molecule has 3 nitrogen and oxygen atoms in total. The maximum absolute atomic E-state index is 12.4. The van der Waals surface area contributed by atoms with E-state index < -0.39 is 0 Å². The molecule has 2 rings (SSSR count). The van der Waals surface area contributed by atoms with Crippen molar-refractivity contribution in [3.8, 4) is 0 Å². The fraction of sp³-hybridized carbons (Fsp3) is 0.643. The summed E-state index contributed by atoms with van der Waals surface area (Å²) in [4.78, 5) is 17.4. The number of amides is 1. The molecular weight excluding hydrogens is 324 g/mol.